The van der Waals surface area contributed by atoms with Gasteiger partial charge in [0.25, 0.3) is 11.1 Å². The van der Waals surface area contributed by atoms with Gasteiger partial charge in [-0.05, 0) is 26.0 Å². The highest BCUT2D eigenvalue weighted by molar-refractivity contribution is 5.49. The number of rotatable bonds is 6. The molecular weight excluding hydrogens is 540 g/mol. The van der Waals surface area contributed by atoms with Crippen molar-refractivity contribution in [2.75, 3.05) is 0 Å². The summed E-state index contributed by atoms with van der Waals surface area (Å²) in [6, 6.07) is 7.48. The minimum absolute atomic E-state index is 0.168. The fourth-order valence-electron chi connectivity index (χ4n) is 3.93. The van der Waals surface area contributed by atoms with Gasteiger partial charge < -0.3 is 0 Å². The van der Waals surface area contributed by atoms with E-state index in [0.717, 1.165) is 11.1 Å². The molecule has 0 spiro atoms. The molecule has 0 aliphatic rings. The second-order valence-electron chi connectivity index (χ2n) is 9.36. The van der Waals surface area contributed by atoms with Gasteiger partial charge in [-0.1, -0.05) is 46.2 Å². The van der Waals surface area contributed by atoms with Crippen LogP contribution < -0.4 is 22.5 Å². The molecular formula is C28H24N10O4. The smallest absolute Gasteiger partial charge is 0.294 e. The number of H-pyrrole nitrogens is 2. The Morgan fingerprint density at radius 1 is 0.667 bits per heavy atom. The molecule has 0 aliphatic heterocycles. The number of nitrogens with one attached hydrogen (secondary N) is 2. The lowest BCUT2D eigenvalue weighted by Gasteiger charge is -2.02. The summed E-state index contributed by atoms with van der Waals surface area (Å²) in [4.78, 5) is 51.7. The van der Waals surface area contributed by atoms with Gasteiger partial charge in [-0.25, -0.2) is 19.0 Å². The van der Waals surface area contributed by atoms with Crippen LogP contribution in [0.1, 0.15) is 33.6 Å². The molecule has 1 aromatic carbocycles. The van der Waals surface area contributed by atoms with E-state index in [1.807, 2.05) is 24.3 Å². The number of benzene rings is 1. The third kappa shape index (κ3) is 6.57. The van der Waals surface area contributed by atoms with E-state index >= 15 is 0 Å². The lowest BCUT2D eigenvalue weighted by Crippen LogP contribution is -2.31. The lowest BCUT2D eigenvalue weighted by atomic mass is 10.1. The first kappa shape index (κ1) is 27.5. The SMILES string of the molecule is Cc1cn(Cc2cn(CC#Cc3ccccc3C#CCn3cc(Cn4cc(C)c(=O)[nH]c4=O)nn3)nn2)c(=O)[nH]c1=O. The third-order valence-corrected chi connectivity index (χ3v) is 6.07. The normalized spacial score (nSPS) is 10.5. The Morgan fingerprint density at radius 2 is 1.10 bits per heavy atom. The molecule has 5 rings (SSSR count). The van der Waals surface area contributed by atoms with E-state index in [9.17, 15) is 19.2 Å². The van der Waals surface area contributed by atoms with Gasteiger partial charge in [0, 0.05) is 34.6 Å². The zero-order chi connectivity index (χ0) is 29.6. The van der Waals surface area contributed by atoms with Crippen LogP contribution in [-0.4, -0.2) is 49.1 Å². The topological polar surface area (TPSA) is 171 Å². The van der Waals surface area contributed by atoms with Crippen molar-refractivity contribution in [3.8, 4) is 23.7 Å². The predicted molar refractivity (Wildman–Crippen MR) is 151 cm³/mol. The molecule has 0 saturated carbocycles. The summed E-state index contributed by atoms with van der Waals surface area (Å²) in [5, 5.41) is 16.3. The van der Waals surface area contributed by atoms with Crippen molar-refractivity contribution in [1.82, 2.24) is 49.1 Å². The number of hydrogen-bond donors (Lipinski definition) is 2. The lowest BCUT2D eigenvalue weighted by molar-refractivity contribution is 0.667. The first-order chi connectivity index (χ1) is 20.2. The van der Waals surface area contributed by atoms with Crippen LogP contribution in [0, 0.1) is 37.5 Å². The summed E-state index contributed by atoms with van der Waals surface area (Å²) >= 11 is 0. The monoisotopic (exact) mass is 564 g/mol. The summed E-state index contributed by atoms with van der Waals surface area (Å²) in [5.41, 5.74) is 1.58. The number of aryl methyl sites for hydroxylation is 2. The van der Waals surface area contributed by atoms with E-state index < -0.39 is 22.5 Å². The Bertz CT molecular complexity index is 1980. The van der Waals surface area contributed by atoms with E-state index in [2.05, 4.69) is 54.3 Å². The summed E-state index contributed by atoms with van der Waals surface area (Å²) in [6.45, 7) is 4.12. The van der Waals surface area contributed by atoms with Crippen molar-refractivity contribution >= 4 is 0 Å². The molecule has 14 heteroatoms. The Labute approximate surface area is 237 Å². The maximum atomic E-state index is 12.0. The molecule has 0 amide bonds. The van der Waals surface area contributed by atoms with Crippen LogP contribution in [0.3, 0.4) is 0 Å². The second kappa shape index (κ2) is 12.0. The Kier molecular flexibility index (Phi) is 7.88. The molecule has 0 unspecified atom stereocenters. The van der Waals surface area contributed by atoms with Crippen LogP contribution in [0.25, 0.3) is 0 Å². The Balaban J connectivity index is 1.21. The largest absolute Gasteiger partial charge is 0.328 e. The minimum atomic E-state index is -0.514. The maximum Gasteiger partial charge on any atom is 0.328 e. The Hall–Kier alpha value is -6.02. The maximum absolute atomic E-state index is 12.0. The van der Waals surface area contributed by atoms with Crippen molar-refractivity contribution < 1.29 is 0 Å². The number of hydrogen-bond acceptors (Lipinski definition) is 8. The summed E-state index contributed by atoms with van der Waals surface area (Å²) in [6.07, 6.45) is 6.35. The molecule has 0 aliphatic carbocycles. The van der Waals surface area contributed by atoms with Gasteiger partial charge in [0.05, 0.1) is 25.5 Å². The van der Waals surface area contributed by atoms with Crippen molar-refractivity contribution in [3.63, 3.8) is 0 Å². The van der Waals surface area contributed by atoms with E-state index in [-0.39, 0.29) is 26.2 Å². The van der Waals surface area contributed by atoms with Gasteiger partial charge in [0.15, 0.2) is 0 Å². The van der Waals surface area contributed by atoms with Gasteiger partial charge in [0.1, 0.15) is 24.5 Å². The summed E-state index contributed by atoms with van der Waals surface area (Å²) < 4.78 is 5.84. The molecule has 0 atom stereocenters. The van der Waals surface area contributed by atoms with E-state index in [1.165, 1.54) is 21.5 Å². The summed E-state index contributed by atoms with van der Waals surface area (Å²) in [5.74, 6) is 12.3. The molecule has 2 N–H and O–H groups in total. The molecule has 4 aromatic heterocycles. The van der Waals surface area contributed by atoms with Crippen LogP contribution in [0.5, 0.6) is 0 Å². The van der Waals surface area contributed by atoms with Crippen LogP contribution in [-0.2, 0) is 26.2 Å². The van der Waals surface area contributed by atoms with Gasteiger partial charge in [-0.15, -0.1) is 10.2 Å². The van der Waals surface area contributed by atoms with Crippen LogP contribution in [0.2, 0.25) is 0 Å². The molecule has 0 fully saturated rings. The highest BCUT2D eigenvalue weighted by Gasteiger charge is 2.07. The van der Waals surface area contributed by atoms with Gasteiger partial charge in [-0.2, -0.15) is 0 Å². The van der Waals surface area contributed by atoms with Gasteiger partial charge in [0.2, 0.25) is 0 Å². The van der Waals surface area contributed by atoms with Crippen molar-refractivity contribution in [2.45, 2.75) is 40.0 Å². The van der Waals surface area contributed by atoms with E-state index in [4.69, 9.17) is 0 Å². The highest BCUT2D eigenvalue weighted by Crippen LogP contribution is 2.06. The first-order valence-electron chi connectivity index (χ1n) is 12.7. The van der Waals surface area contributed by atoms with E-state index in [1.54, 1.807) is 35.6 Å². The molecule has 0 bridgehead atoms. The van der Waals surface area contributed by atoms with Crippen LogP contribution >= 0.6 is 0 Å². The van der Waals surface area contributed by atoms with Gasteiger partial charge in [-0.3, -0.25) is 28.7 Å². The predicted octanol–water partition coefficient (Wildman–Crippen LogP) is -0.614. The fraction of sp³-hybridized carbons (Fsp3) is 0.214. The second-order valence-corrected chi connectivity index (χ2v) is 9.36. The minimum Gasteiger partial charge on any atom is -0.294 e. The highest BCUT2D eigenvalue weighted by atomic mass is 16.2. The first-order valence-corrected chi connectivity index (χ1v) is 12.7. The Morgan fingerprint density at radius 3 is 1.52 bits per heavy atom. The average molecular weight is 565 g/mol. The number of nitrogens with zero attached hydrogens (tertiary/aromatic N) is 8. The molecule has 0 saturated heterocycles. The van der Waals surface area contributed by atoms with Gasteiger partial charge >= 0.3 is 11.4 Å². The molecule has 14 nitrogen and oxygen atoms in total. The summed E-state index contributed by atoms with van der Waals surface area (Å²) in [7, 11) is 0. The zero-order valence-corrected chi connectivity index (χ0v) is 22.7. The standard InChI is InChI=1S/C28H24N10O4/c1-19-13-35(27(41)29-25(19)39)15-23-17-37(33-31-23)11-5-9-21-7-3-4-8-22(21)10-6-12-38-18-24(32-34-38)16-36-14-20(2)26(40)30-28(36)42/h3-4,7-8,13-14,17-18H,11-12,15-16H2,1-2H3,(H,29,39,41)(H,30,40,42). The fourth-order valence-corrected chi connectivity index (χ4v) is 3.93. The molecule has 42 heavy (non-hydrogen) atoms. The number of aromatic amines is 2. The molecule has 5 aromatic rings. The third-order valence-electron chi connectivity index (χ3n) is 6.07. The molecule has 210 valence electrons. The zero-order valence-electron chi connectivity index (χ0n) is 22.7. The average Bonchev–Trinajstić information content (AvgIpc) is 3.60. The van der Waals surface area contributed by atoms with Crippen molar-refractivity contribution in [3.05, 3.63) is 124 Å². The number of aromatic nitrogens is 10. The molecule has 0 radical (unpaired) electrons. The molecule has 4 heterocycles. The van der Waals surface area contributed by atoms with Crippen molar-refractivity contribution in [2.24, 2.45) is 0 Å². The van der Waals surface area contributed by atoms with Crippen LogP contribution in [0.15, 0.2) is 68.2 Å². The van der Waals surface area contributed by atoms with Crippen LogP contribution in [0.4, 0.5) is 0 Å². The van der Waals surface area contributed by atoms with E-state index in [0.29, 0.717) is 22.5 Å². The quantitative estimate of drug-likeness (QED) is 0.257. The van der Waals surface area contributed by atoms with Crippen molar-refractivity contribution in [1.29, 1.82) is 0 Å².